The van der Waals surface area contributed by atoms with Gasteiger partial charge in [-0.05, 0) is 23.3 Å². The highest BCUT2D eigenvalue weighted by atomic mass is 19.4. The predicted octanol–water partition coefficient (Wildman–Crippen LogP) is 3.80. The molecule has 0 spiro atoms. The van der Waals surface area contributed by atoms with Gasteiger partial charge in [-0.25, -0.2) is 0 Å². The van der Waals surface area contributed by atoms with Crippen LogP contribution >= 0.6 is 0 Å². The number of Topliss-reactive ketones (excluding diaryl/α,β-unsaturated/α-hetero) is 1. The Balaban J connectivity index is 1.91. The van der Waals surface area contributed by atoms with E-state index < -0.39 is 17.8 Å². The number of carbonyl (C=O) groups is 1. The molecule has 1 N–H and O–H groups in total. The highest BCUT2D eigenvalue weighted by molar-refractivity contribution is 6.25. The van der Waals surface area contributed by atoms with Gasteiger partial charge in [-0.2, -0.15) is 13.2 Å². The minimum atomic E-state index is -4.47. The number of carbonyl (C=O) groups excluding carboxylic acids is 1. The first-order valence-corrected chi connectivity index (χ1v) is 7.74. The summed E-state index contributed by atoms with van der Waals surface area (Å²) in [6.07, 6.45) is -4.87. The van der Waals surface area contributed by atoms with E-state index in [0.717, 1.165) is 17.7 Å². The van der Waals surface area contributed by atoms with Crippen LogP contribution in [0.15, 0.2) is 60.5 Å². The Morgan fingerprint density at radius 1 is 1.08 bits per heavy atom. The maximum absolute atomic E-state index is 12.9. The van der Waals surface area contributed by atoms with Crippen molar-refractivity contribution in [2.45, 2.75) is 18.7 Å². The van der Waals surface area contributed by atoms with E-state index in [9.17, 15) is 18.0 Å². The predicted molar refractivity (Wildman–Crippen MR) is 87.4 cm³/mol. The molecule has 0 saturated heterocycles. The maximum Gasteiger partial charge on any atom is 0.416 e. The number of rotatable bonds is 4. The molecule has 1 aliphatic rings. The zero-order chi connectivity index (χ0) is 18.0. The first-order valence-electron chi connectivity index (χ1n) is 7.74. The van der Waals surface area contributed by atoms with Crippen molar-refractivity contribution in [2.75, 3.05) is 7.05 Å². The summed E-state index contributed by atoms with van der Waals surface area (Å²) >= 11 is 0. The fourth-order valence-electron chi connectivity index (χ4n) is 2.80. The number of ketones is 1. The third-order valence-corrected chi connectivity index (χ3v) is 4.00. The standard InChI is InChI=1S/C19H16F3NO2/c1-23-18-16(13-8-5-9-14(11-13)19(20,21)22)17(24)15(25-18)10-12-6-3-2-4-7-12/h2-9,11,15,23H,10H2,1H3. The van der Waals surface area contributed by atoms with Gasteiger partial charge in [0.1, 0.15) is 0 Å². The summed E-state index contributed by atoms with van der Waals surface area (Å²) in [4.78, 5) is 12.7. The highest BCUT2D eigenvalue weighted by Crippen LogP contribution is 2.34. The van der Waals surface area contributed by atoms with E-state index in [0.29, 0.717) is 6.42 Å². The second-order valence-electron chi connectivity index (χ2n) is 5.69. The fraction of sp³-hybridized carbons (Fsp3) is 0.211. The molecule has 2 aromatic carbocycles. The molecule has 130 valence electrons. The monoisotopic (exact) mass is 347 g/mol. The fourth-order valence-corrected chi connectivity index (χ4v) is 2.80. The van der Waals surface area contributed by atoms with Crippen LogP contribution < -0.4 is 5.32 Å². The Labute approximate surface area is 143 Å². The molecule has 0 aromatic heterocycles. The van der Waals surface area contributed by atoms with Gasteiger partial charge in [-0.15, -0.1) is 0 Å². The van der Waals surface area contributed by atoms with Crippen LogP contribution in [-0.4, -0.2) is 18.9 Å². The van der Waals surface area contributed by atoms with Gasteiger partial charge in [-0.1, -0.05) is 42.5 Å². The van der Waals surface area contributed by atoms with Crippen LogP contribution in [0.3, 0.4) is 0 Å². The molecule has 0 saturated carbocycles. The summed E-state index contributed by atoms with van der Waals surface area (Å²) in [5.41, 5.74) is 0.461. The lowest BCUT2D eigenvalue weighted by atomic mass is 9.96. The van der Waals surface area contributed by atoms with Crippen molar-refractivity contribution in [3.63, 3.8) is 0 Å². The van der Waals surface area contributed by atoms with Gasteiger partial charge in [0.15, 0.2) is 12.0 Å². The van der Waals surface area contributed by atoms with Crippen LogP contribution in [0.2, 0.25) is 0 Å². The Morgan fingerprint density at radius 2 is 1.80 bits per heavy atom. The largest absolute Gasteiger partial charge is 0.467 e. The Hall–Kier alpha value is -2.76. The van der Waals surface area contributed by atoms with Crippen LogP contribution in [0.25, 0.3) is 5.57 Å². The number of hydrogen-bond acceptors (Lipinski definition) is 3. The molecule has 1 heterocycles. The zero-order valence-electron chi connectivity index (χ0n) is 13.4. The average Bonchev–Trinajstić information content (AvgIpc) is 2.91. The van der Waals surface area contributed by atoms with Crippen LogP contribution in [0, 0.1) is 0 Å². The zero-order valence-corrected chi connectivity index (χ0v) is 13.4. The van der Waals surface area contributed by atoms with Gasteiger partial charge in [0.2, 0.25) is 5.78 Å². The average molecular weight is 347 g/mol. The third kappa shape index (κ3) is 3.52. The number of hydrogen-bond donors (Lipinski definition) is 1. The molecule has 2 aromatic rings. The molecule has 1 atom stereocenters. The van der Waals surface area contributed by atoms with E-state index in [2.05, 4.69) is 5.32 Å². The quantitative estimate of drug-likeness (QED) is 0.914. The molecular weight excluding hydrogens is 331 g/mol. The van der Waals surface area contributed by atoms with E-state index in [1.165, 1.54) is 12.1 Å². The van der Waals surface area contributed by atoms with Gasteiger partial charge >= 0.3 is 6.18 Å². The van der Waals surface area contributed by atoms with Gasteiger partial charge in [-0.3, -0.25) is 4.79 Å². The topological polar surface area (TPSA) is 38.3 Å². The smallest absolute Gasteiger partial charge is 0.416 e. The van der Waals surface area contributed by atoms with Gasteiger partial charge in [0.25, 0.3) is 0 Å². The lowest BCUT2D eigenvalue weighted by Crippen LogP contribution is -2.21. The van der Waals surface area contributed by atoms with Crippen molar-refractivity contribution in [1.82, 2.24) is 5.32 Å². The van der Waals surface area contributed by atoms with Crippen molar-refractivity contribution in [3.8, 4) is 0 Å². The third-order valence-electron chi connectivity index (χ3n) is 4.00. The Bertz CT molecular complexity index is 813. The molecule has 0 amide bonds. The van der Waals surface area contributed by atoms with Crippen LogP contribution in [-0.2, 0) is 22.1 Å². The van der Waals surface area contributed by atoms with Crippen molar-refractivity contribution in [2.24, 2.45) is 0 Å². The molecule has 0 aliphatic carbocycles. The number of alkyl halides is 3. The van der Waals surface area contributed by atoms with E-state index >= 15 is 0 Å². The van der Waals surface area contributed by atoms with Crippen molar-refractivity contribution in [1.29, 1.82) is 0 Å². The minimum absolute atomic E-state index is 0.148. The number of ether oxygens (including phenoxy) is 1. The summed E-state index contributed by atoms with van der Waals surface area (Å²) < 4.78 is 44.5. The lowest BCUT2D eigenvalue weighted by molar-refractivity contribution is -0.137. The molecule has 25 heavy (non-hydrogen) atoms. The first-order chi connectivity index (χ1) is 11.9. The molecule has 0 radical (unpaired) electrons. The number of halogens is 3. The van der Waals surface area contributed by atoms with E-state index in [-0.39, 0.29) is 22.8 Å². The molecular formula is C19H16F3NO2. The summed E-state index contributed by atoms with van der Waals surface area (Å²) in [6, 6.07) is 14.0. The maximum atomic E-state index is 12.9. The Kier molecular flexibility index (Phi) is 4.53. The van der Waals surface area contributed by atoms with Crippen molar-refractivity contribution < 1.29 is 22.7 Å². The molecule has 1 aliphatic heterocycles. The van der Waals surface area contributed by atoms with E-state index in [4.69, 9.17) is 4.74 Å². The first kappa shape index (κ1) is 17.1. The molecule has 0 bridgehead atoms. The summed E-state index contributed by atoms with van der Waals surface area (Å²) in [7, 11) is 1.57. The molecule has 3 nitrogen and oxygen atoms in total. The summed E-state index contributed by atoms with van der Waals surface area (Å²) in [5.74, 6) is -0.127. The molecule has 3 rings (SSSR count). The highest BCUT2D eigenvalue weighted by Gasteiger charge is 2.37. The minimum Gasteiger partial charge on any atom is -0.467 e. The van der Waals surface area contributed by atoms with E-state index in [1.807, 2.05) is 30.3 Å². The van der Waals surface area contributed by atoms with Crippen molar-refractivity contribution >= 4 is 11.4 Å². The SMILES string of the molecule is CNC1=C(c2cccc(C(F)(F)F)c2)C(=O)C(Cc2ccccc2)O1. The van der Waals surface area contributed by atoms with Crippen LogP contribution in [0.1, 0.15) is 16.7 Å². The number of nitrogens with one attached hydrogen (secondary N) is 1. The van der Waals surface area contributed by atoms with Crippen LogP contribution in [0.5, 0.6) is 0 Å². The van der Waals surface area contributed by atoms with Crippen LogP contribution in [0.4, 0.5) is 13.2 Å². The lowest BCUT2D eigenvalue weighted by Gasteiger charge is -2.11. The summed E-state index contributed by atoms with van der Waals surface area (Å²) in [5, 5.41) is 2.77. The number of benzene rings is 2. The second kappa shape index (κ2) is 6.63. The molecule has 0 fully saturated rings. The summed E-state index contributed by atoms with van der Waals surface area (Å²) in [6.45, 7) is 0. The van der Waals surface area contributed by atoms with E-state index in [1.54, 1.807) is 7.05 Å². The van der Waals surface area contributed by atoms with Gasteiger partial charge in [0, 0.05) is 13.5 Å². The van der Waals surface area contributed by atoms with Crippen molar-refractivity contribution in [3.05, 3.63) is 77.2 Å². The molecule has 6 heteroatoms. The van der Waals surface area contributed by atoms with Gasteiger partial charge < -0.3 is 10.1 Å². The molecule has 1 unspecified atom stereocenters. The normalized spacial score (nSPS) is 17.6. The van der Waals surface area contributed by atoms with Gasteiger partial charge in [0.05, 0.1) is 11.1 Å². The second-order valence-corrected chi connectivity index (χ2v) is 5.69. The Morgan fingerprint density at radius 3 is 2.44 bits per heavy atom.